The third-order valence-electron chi connectivity index (χ3n) is 7.27. The van der Waals surface area contributed by atoms with Crippen LogP contribution in [0.15, 0.2) is 52.9 Å². The zero-order valence-electron chi connectivity index (χ0n) is 21.5. The van der Waals surface area contributed by atoms with Crippen molar-refractivity contribution in [1.29, 1.82) is 0 Å². The molecule has 5 rings (SSSR count). The van der Waals surface area contributed by atoms with Crippen LogP contribution in [0.25, 0.3) is 0 Å². The van der Waals surface area contributed by atoms with E-state index >= 15 is 0 Å². The number of pyridine rings is 1. The molecule has 0 saturated carbocycles. The zero-order valence-corrected chi connectivity index (χ0v) is 23.1. The smallest absolute Gasteiger partial charge is 0.188 e. The number of aromatic nitrogens is 2. The van der Waals surface area contributed by atoms with Gasteiger partial charge in [0, 0.05) is 29.1 Å². The van der Waals surface area contributed by atoms with E-state index in [4.69, 9.17) is 9.72 Å². The molecule has 37 heavy (non-hydrogen) atoms. The van der Waals surface area contributed by atoms with Crippen molar-refractivity contribution >= 4 is 40.3 Å². The predicted molar refractivity (Wildman–Crippen MR) is 151 cm³/mol. The summed E-state index contributed by atoms with van der Waals surface area (Å²) in [5.41, 5.74) is 0.957. The Bertz CT molecular complexity index is 1180. The quantitative estimate of drug-likeness (QED) is 0.245. The van der Waals surface area contributed by atoms with Gasteiger partial charge in [-0.05, 0) is 76.7 Å². The predicted octanol–water partition coefficient (Wildman–Crippen LogP) is 6.24. The van der Waals surface area contributed by atoms with Crippen LogP contribution in [-0.4, -0.2) is 51.7 Å². The van der Waals surface area contributed by atoms with Crippen LogP contribution < -0.4 is 15.4 Å². The van der Waals surface area contributed by atoms with Gasteiger partial charge in [-0.3, -0.25) is 4.90 Å². The van der Waals surface area contributed by atoms with E-state index in [0.29, 0.717) is 17.6 Å². The summed E-state index contributed by atoms with van der Waals surface area (Å²) in [6.45, 7) is 7.07. The highest BCUT2D eigenvalue weighted by Crippen LogP contribution is 2.47. The van der Waals surface area contributed by atoms with Gasteiger partial charge in [-0.15, -0.1) is 11.3 Å². The number of piperidine rings is 2. The molecule has 1 aromatic carbocycles. The standard InChI is InChI=1S/C28H35N5O2S2/c1-20-18-36-27(31-20)32-26-25(35-23-9-4-3-5-10-23)16-24(17-30-26)37-28(19-34,22-11-13-29-14-12-22)33-15-7-6-8-21(33)2/h3-5,9-10,16-19,21-22,29H,6-8,11-15H2,1-2H3,(H,30,31,32). The van der Waals surface area contributed by atoms with Crippen molar-refractivity contribution in [1.82, 2.24) is 20.2 Å². The van der Waals surface area contributed by atoms with Gasteiger partial charge in [0.1, 0.15) is 10.6 Å². The Hall–Kier alpha value is -2.46. The molecule has 2 fully saturated rings. The SMILES string of the molecule is Cc1csc(Nc2ncc(SC(C=O)(C3CCNCC3)N3CCCCC3C)cc2Oc2ccccc2)n1. The van der Waals surface area contributed by atoms with Crippen LogP contribution in [0.2, 0.25) is 0 Å². The number of para-hydroxylation sites is 1. The molecule has 2 N–H and O–H groups in total. The number of thiazole rings is 1. The highest BCUT2D eigenvalue weighted by atomic mass is 32.2. The molecular weight excluding hydrogens is 502 g/mol. The molecule has 2 atom stereocenters. The summed E-state index contributed by atoms with van der Waals surface area (Å²) >= 11 is 3.18. The van der Waals surface area contributed by atoms with Crippen LogP contribution in [0.1, 0.15) is 44.7 Å². The Morgan fingerprint density at radius 3 is 2.73 bits per heavy atom. The third kappa shape index (κ3) is 6.00. The second-order valence-electron chi connectivity index (χ2n) is 9.89. The maximum absolute atomic E-state index is 13.1. The lowest BCUT2D eigenvalue weighted by molar-refractivity contribution is -0.118. The second-order valence-corrected chi connectivity index (χ2v) is 12.1. The Morgan fingerprint density at radius 1 is 1.22 bits per heavy atom. The molecule has 2 unspecified atom stereocenters. The summed E-state index contributed by atoms with van der Waals surface area (Å²) in [7, 11) is 0. The first kappa shape index (κ1) is 26.2. The Kier molecular flexibility index (Phi) is 8.44. The van der Waals surface area contributed by atoms with E-state index < -0.39 is 4.87 Å². The van der Waals surface area contributed by atoms with Gasteiger partial charge in [0.2, 0.25) is 0 Å². The van der Waals surface area contributed by atoms with Crippen LogP contribution in [0, 0.1) is 12.8 Å². The molecule has 3 aromatic rings. The first-order valence-electron chi connectivity index (χ1n) is 13.1. The number of nitrogens with one attached hydrogen (secondary N) is 2. The van der Waals surface area contributed by atoms with Crippen LogP contribution in [0.4, 0.5) is 10.9 Å². The summed E-state index contributed by atoms with van der Waals surface area (Å²) in [5, 5.41) is 9.56. The second kappa shape index (κ2) is 11.9. The van der Waals surface area contributed by atoms with Crippen LogP contribution in [0.3, 0.4) is 0 Å². The van der Waals surface area contributed by atoms with E-state index in [2.05, 4.69) is 27.4 Å². The number of ether oxygens (including phenoxy) is 1. The fraction of sp³-hybridized carbons (Fsp3) is 0.464. The molecule has 2 saturated heterocycles. The van der Waals surface area contributed by atoms with Crippen molar-refractivity contribution in [3.8, 4) is 11.5 Å². The zero-order chi connectivity index (χ0) is 25.7. The molecule has 2 aliphatic heterocycles. The number of likely N-dealkylation sites (tertiary alicyclic amines) is 1. The number of anilines is 2. The first-order chi connectivity index (χ1) is 18.1. The maximum atomic E-state index is 13.1. The number of aldehydes is 1. The lowest BCUT2D eigenvalue weighted by atomic mass is 9.87. The Morgan fingerprint density at radius 2 is 2.03 bits per heavy atom. The largest absolute Gasteiger partial charge is 0.453 e. The number of carbonyl (C=O) groups is 1. The molecule has 4 heterocycles. The van der Waals surface area contributed by atoms with Gasteiger partial charge in [-0.2, -0.15) is 0 Å². The maximum Gasteiger partial charge on any atom is 0.188 e. The number of nitrogens with zero attached hydrogens (tertiary/aromatic N) is 3. The van der Waals surface area contributed by atoms with Crippen molar-refractivity contribution in [2.45, 2.75) is 61.8 Å². The van der Waals surface area contributed by atoms with Gasteiger partial charge < -0.3 is 20.2 Å². The topological polar surface area (TPSA) is 79.4 Å². The number of benzene rings is 1. The van der Waals surface area contributed by atoms with Crippen molar-refractivity contribution < 1.29 is 9.53 Å². The molecule has 0 aliphatic carbocycles. The number of thioether (sulfide) groups is 1. The average Bonchev–Trinajstić information content (AvgIpc) is 3.34. The first-order valence-corrected chi connectivity index (χ1v) is 14.8. The van der Waals surface area contributed by atoms with Gasteiger partial charge >= 0.3 is 0 Å². The van der Waals surface area contributed by atoms with E-state index in [1.807, 2.05) is 54.9 Å². The summed E-state index contributed by atoms with van der Waals surface area (Å²) in [4.78, 5) is 25.2. The molecule has 0 spiro atoms. The third-order valence-corrected chi connectivity index (χ3v) is 9.59. The Balaban J connectivity index is 1.50. The van der Waals surface area contributed by atoms with E-state index in [0.717, 1.165) is 66.8 Å². The minimum Gasteiger partial charge on any atom is -0.453 e. The van der Waals surface area contributed by atoms with Crippen LogP contribution >= 0.6 is 23.1 Å². The molecule has 0 bridgehead atoms. The highest BCUT2D eigenvalue weighted by Gasteiger charge is 2.47. The van der Waals surface area contributed by atoms with Gasteiger partial charge in [-0.25, -0.2) is 9.97 Å². The van der Waals surface area contributed by atoms with Gasteiger partial charge in [0.25, 0.3) is 0 Å². The van der Waals surface area contributed by atoms with Crippen molar-refractivity contribution in [3.05, 3.63) is 53.7 Å². The summed E-state index contributed by atoms with van der Waals surface area (Å²) in [5.74, 6) is 2.22. The molecule has 2 aliphatic rings. The highest BCUT2D eigenvalue weighted by molar-refractivity contribution is 8.01. The number of hydrogen-bond donors (Lipinski definition) is 2. The Labute approximate surface area is 227 Å². The van der Waals surface area contributed by atoms with Crippen LogP contribution in [0.5, 0.6) is 11.5 Å². The summed E-state index contributed by atoms with van der Waals surface area (Å²) in [6, 6.07) is 12.1. The van der Waals surface area contributed by atoms with Gasteiger partial charge in [0.15, 0.2) is 23.0 Å². The molecule has 0 amide bonds. The molecular formula is C28H35N5O2S2. The van der Waals surface area contributed by atoms with E-state index in [1.54, 1.807) is 11.8 Å². The molecule has 9 heteroatoms. The van der Waals surface area contributed by atoms with E-state index in [1.165, 1.54) is 24.0 Å². The monoisotopic (exact) mass is 537 g/mol. The minimum absolute atomic E-state index is 0.270. The molecule has 196 valence electrons. The van der Waals surface area contributed by atoms with Gasteiger partial charge in [-0.1, -0.05) is 36.4 Å². The fourth-order valence-electron chi connectivity index (χ4n) is 5.39. The lowest BCUT2D eigenvalue weighted by Gasteiger charge is -2.50. The molecule has 2 aromatic heterocycles. The van der Waals surface area contributed by atoms with Gasteiger partial charge in [0.05, 0.1) is 5.69 Å². The lowest BCUT2D eigenvalue weighted by Crippen LogP contribution is -2.59. The average molecular weight is 538 g/mol. The van der Waals surface area contributed by atoms with Crippen LogP contribution in [-0.2, 0) is 4.79 Å². The van der Waals surface area contributed by atoms with E-state index in [9.17, 15) is 4.79 Å². The normalized spacial score (nSPS) is 20.8. The summed E-state index contributed by atoms with van der Waals surface area (Å²) in [6.07, 6.45) is 8.52. The number of aryl methyl sites for hydroxylation is 1. The van der Waals surface area contributed by atoms with Crippen molar-refractivity contribution in [3.63, 3.8) is 0 Å². The molecule has 0 radical (unpaired) electrons. The summed E-state index contributed by atoms with van der Waals surface area (Å²) < 4.78 is 6.32. The number of carbonyl (C=O) groups excluding carboxylic acids is 1. The van der Waals surface area contributed by atoms with Crippen molar-refractivity contribution in [2.75, 3.05) is 25.0 Å². The van der Waals surface area contributed by atoms with E-state index in [-0.39, 0.29) is 5.92 Å². The molecule has 7 nitrogen and oxygen atoms in total. The number of rotatable bonds is 9. The van der Waals surface area contributed by atoms with Crippen molar-refractivity contribution in [2.24, 2.45) is 5.92 Å². The number of hydrogen-bond acceptors (Lipinski definition) is 9. The minimum atomic E-state index is -0.630. The fourth-order valence-corrected chi connectivity index (χ4v) is 7.56.